The zero-order valence-corrected chi connectivity index (χ0v) is 14.8. The van der Waals surface area contributed by atoms with E-state index >= 15 is 0 Å². The third kappa shape index (κ3) is 4.59. The van der Waals surface area contributed by atoms with Crippen molar-refractivity contribution in [3.63, 3.8) is 0 Å². The van der Waals surface area contributed by atoms with Crippen LogP contribution in [0.4, 0.5) is 5.69 Å². The van der Waals surface area contributed by atoms with E-state index in [0.717, 1.165) is 5.56 Å². The van der Waals surface area contributed by atoms with E-state index in [1.165, 1.54) is 12.7 Å². The molecule has 0 unspecified atom stereocenters. The lowest BCUT2D eigenvalue weighted by molar-refractivity contribution is -0.118. The van der Waals surface area contributed by atoms with Crippen molar-refractivity contribution in [1.29, 1.82) is 0 Å². The number of nitrogens with one attached hydrogen (secondary N) is 1. The molecule has 3 aromatic rings. The lowest BCUT2D eigenvalue weighted by atomic mass is 10.2. The van der Waals surface area contributed by atoms with Crippen molar-refractivity contribution >= 4 is 23.2 Å². The number of rotatable bonds is 7. The van der Waals surface area contributed by atoms with Gasteiger partial charge < -0.3 is 14.8 Å². The molecular formula is C18H17ClN4O3. The topological polar surface area (TPSA) is 78.3 Å². The number of anilines is 1. The number of hydrogen-bond donors (Lipinski definition) is 1. The molecule has 1 amide bonds. The molecule has 1 aromatic heterocycles. The van der Waals surface area contributed by atoms with Crippen LogP contribution in [0.15, 0.2) is 55.1 Å². The second-order valence-corrected chi connectivity index (χ2v) is 5.89. The van der Waals surface area contributed by atoms with E-state index < -0.39 is 0 Å². The summed E-state index contributed by atoms with van der Waals surface area (Å²) >= 11 is 6.05. The maximum absolute atomic E-state index is 12.2. The van der Waals surface area contributed by atoms with Crippen molar-refractivity contribution in [1.82, 2.24) is 14.8 Å². The van der Waals surface area contributed by atoms with Crippen molar-refractivity contribution in [3.05, 3.63) is 65.7 Å². The number of ether oxygens (including phenoxy) is 2. The van der Waals surface area contributed by atoms with Gasteiger partial charge in [0.05, 0.1) is 12.3 Å². The highest BCUT2D eigenvalue weighted by atomic mass is 35.5. The van der Waals surface area contributed by atoms with Crippen LogP contribution < -0.4 is 10.1 Å². The Morgan fingerprint density at radius 1 is 1.19 bits per heavy atom. The Bertz CT molecular complexity index is 884. The van der Waals surface area contributed by atoms with E-state index in [4.69, 9.17) is 21.1 Å². The molecule has 8 heteroatoms. The van der Waals surface area contributed by atoms with Gasteiger partial charge in [-0.25, -0.2) is 0 Å². The Labute approximate surface area is 155 Å². The molecule has 0 radical (unpaired) electrons. The third-order valence-corrected chi connectivity index (χ3v) is 3.73. The number of aromatic nitrogens is 3. The van der Waals surface area contributed by atoms with Crippen LogP contribution in [-0.4, -0.2) is 34.4 Å². The zero-order valence-electron chi connectivity index (χ0n) is 14.1. The first-order valence-corrected chi connectivity index (χ1v) is 8.18. The lowest BCUT2D eigenvalue weighted by Gasteiger charge is -2.12. The highest BCUT2D eigenvalue weighted by Crippen LogP contribution is 2.26. The van der Waals surface area contributed by atoms with E-state index in [1.807, 2.05) is 24.3 Å². The lowest BCUT2D eigenvalue weighted by Crippen LogP contribution is -2.20. The predicted molar refractivity (Wildman–Crippen MR) is 97.6 cm³/mol. The van der Waals surface area contributed by atoms with Crippen molar-refractivity contribution < 1.29 is 14.3 Å². The number of halogens is 1. The second-order valence-electron chi connectivity index (χ2n) is 5.45. The van der Waals surface area contributed by atoms with Gasteiger partial charge >= 0.3 is 0 Å². The molecule has 0 saturated heterocycles. The molecule has 2 aromatic carbocycles. The SMILES string of the molecule is COCc1cccc(NC(=O)COc2ccc(Cl)cc2-n2cnnc2)c1. The average Bonchev–Trinajstić information content (AvgIpc) is 3.16. The summed E-state index contributed by atoms with van der Waals surface area (Å²) in [6, 6.07) is 12.5. The predicted octanol–water partition coefficient (Wildman–Crippen LogP) is 3.08. The monoisotopic (exact) mass is 372 g/mol. The number of hydrogen-bond acceptors (Lipinski definition) is 5. The molecule has 0 aliphatic carbocycles. The smallest absolute Gasteiger partial charge is 0.262 e. The number of benzene rings is 2. The number of nitrogens with zero attached hydrogens (tertiary/aromatic N) is 3. The molecule has 1 heterocycles. The van der Waals surface area contributed by atoms with Crippen LogP contribution in [0.25, 0.3) is 5.69 Å². The van der Waals surface area contributed by atoms with Gasteiger partial charge in [0.15, 0.2) is 6.61 Å². The van der Waals surface area contributed by atoms with E-state index in [0.29, 0.717) is 28.8 Å². The standard InChI is InChI=1S/C18H17ClN4O3/c1-25-9-13-3-2-4-15(7-13)22-18(24)10-26-17-6-5-14(19)8-16(17)23-11-20-21-12-23/h2-8,11-12H,9-10H2,1H3,(H,22,24). The number of methoxy groups -OCH3 is 1. The summed E-state index contributed by atoms with van der Waals surface area (Å²) in [6.45, 7) is 0.332. The maximum atomic E-state index is 12.2. The summed E-state index contributed by atoms with van der Waals surface area (Å²) in [7, 11) is 1.62. The maximum Gasteiger partial charge on any atom is 0.262 e. The number of carbonyl (C=O) groups excluding carboxylic acids is 1. The fourth-order valence-electron chi connectivity index (χ4n) is 2.39. The molecule has 0 aliphatic rings. The van der Waals surface area contributed by atoms with Crippen molar-refractivity contribution in [2.24, 2.45) is 0 Å². The third-order valence-electron chi connectivity index (χ3n) is 3.50. The molecule has 134 valence electrons. The summed E-state index contributed by atoms with van der Waals surface area (Å²) < 4.78 is 12.4. The first-order valence-electron chi connectivity index (χ1n) is 7.81. The van der Waals surface area contributed by atoms with Gasteiger partial charge in [0.2, 0.25) is 0 Å². The van der Waals surface area contributed by atoms with Gasteiger partial charge in [0.1, 0.15) is 18.4 Å². The summed E-state index contributed by atoms with van der Waals surface area (Å²) in [5.74, 6) is 0.224. The fourth-order valence-corrected chi connectivity index (χ4v) is 2.55. The van der Waals surface area contributed by atoms with Gasteiger partial charge in [0.25, 0.3) is 5.91 Å². The Morgan fingerprint density at radius 3 is 2.77 bits per heavy atom. The van der Waals surface area contributed by atoms with Crippen LogP contribution >= 0.6 is 11.6 Å². The summed E-state index contributed by atoms with van der Waals surface area (Å²) in [5.41, 5.74) is 2.31. The minimum absolute atomic E-state index is 0.148. The second kappa shape index (κ2) is 8.46. The molecule has 3 rings (SSSR count). The van der Waals surface area contributed by atoms with Crippen LogP contribution in [0.1, 0.15) is 5.56 Å². The summed E-state index contributed by atoms with van der Waals surface area (Å²) in [6.07, 6.45) is 3.06. The van der Waals surface area contributed by atoms with Crippen LogP contribution in [-0.2, 0) is 16.1 Å². The van der Waals surface area contributed by atoms with Crippen molar-refractivity contribution in [2.75, 3.05) is 19.0 Å². The molecule has 0 bridgehead atoms. The Kier molecular flexibility index (Phi) is 5.83. The molecule has 7 nitrogen and oxygen atoms in total. The molecule has 0 spiro atoms. The average molecular weight is 373 g/mol. The number of amides is 1. The van der Waals surface area contributed by atoms with Gasteiger partial charge in [-0.2, -0.15) is 0 Å². The molecule has 0 fully saturated rings. The summed E-state index contributed by atoms with van der Waals surface area (Å²) in [5, 5.41) is 10.9. The van der Waals surface area contributed by atoms with E-state index in [-0.39, 0.29) is 12.5 Å². The van der Waals surface area contributed by atoms with E-state index in [9.17, 15) is 4.79 Å². The van der Waals surface area contributed by atoms with Crippen LogP contribution in [0, 0.1) is 0 Å². The largest absolute Gasteiger partial charge is 0.482 e. The number of carbonyl (C=O) groups is 1. The first-order chi connectivity index (χ1) is 12.7. The van der Waals surface area contributed by atoms with Crippen molar-refractivity contribution in [3.8, 4) is 11.4 Å². The zero-order chi connectivity index (χ0) is 18.4. The van der Waals surface area contributed by atoms with Gasteiger partial charge in [-0.05, 0) is 35.9 Å². The quantitative estimate of drug-likeness (QED) is 0.689. The normalized spacial score (nSPS) is 10.5. The molecular weight excluding hydrogens is 356 g/mol. The Balaban J connectivity index is 1.66. The minimum atomic E-state index is -0.274. The van der Waals surface area contributed by atoms with Gasteiger partial charge in [0, 0.05) is 17.8 Å². The Hall–Kier alpha value is -2.90. The van der Waals surface area contributed by atoms with Crippen LogP contribution in [0.5, 0.6) is 5.75 Å². The van der Waals surface area contributed by atoms with Gasteiger partial charge in [-0.1, -0.05) is 23.7 Å². The molecule has 0 aliphatic heterocycles. The van der Waals surface area contributed by atoms with E-state index in [1.54, 1.807) is 29.9 Å². The van der Waals surface area contributed by atoms with Gasteiger partial charge in [-0.3, -0.25) is 9.36 Å². The highest BCUT2D eigenvalue weighted by molar-refractivity contribution is 6.30. The fraction of sp³-hybridized carbons (Fsp3) is 0.167. The van der Waals surface area contributed by atoms with E-state index in [2.05, 4.69) is 15.5 Å². The molecule has 0 atom stereocenters. The molecule has 0 saturated carbocycles. The van der Waals surface area contributed by atoms with Crippen molar-refractivity contribution in [2.45, 2.75) is 6.61 Å². The molecule has 26 heavy (non-hydrogen) atoms. The van der Waals surface area contributed by atoms with Crippen LogP contribution in [0.2, 0.25) is 5.02 Å². The Morgan fingerprint density at radius 2 is 2.00 bits per heavy atom. The first kappa shape index (κ1) is 17.9. The highest BCUT2D eigenvalue weighted by Gasteiger charge is 2.10. The van der Waals surface area contributed by atoms with Crippen LogP contribution in [0.3, 0.4) is 0 Å². The minimum Gasteiger partial charge on any atom is -0.482 e. The van der Waals surface area contributed by atoms with Gasteiger partial charge in [-0.15, -0.1) is 10.2 Å². The molecule has 1 N–H and O–H groups in total. The summed E-state index contributed by atoms with van der Waals surface area (Å²) in [4.78, 5) is 12.2.